The van der Waals surface area contributed by atoms with E-state index in [0.717, 1.165) is 39.3 Å². The van der Waals surface area contributed by atoms with E-state index in [2.05, 4.69) is 0 Å². The minimum absolute atomic E-state index is 0.244. The normalized spacial score (nSPS) is 10.7. The van der Waals surface area contributed by atoms with Crippen LogP contribution in [0.5, 0.6) is 11.5 Å². The van der Waals surface area contributed by atoms with Crippen molar-refractivity contribution in [2.45, 2.75) is 20.8 Å². The summed E-state index contributed by atoms with van der Waals surface area (Å²) in [4.78, 5) is 0. The van der Waals surface area contributed by atoms with Crippen LogP contribution in [0.15, 0.2) is 52.9 Å². The van der Waals surface area contributed by atoms with Crippen LogP contribution in [0.25, 0.3) is 22.5 Å². The van der Waals surface area contributed by atoms with Crippen molar-refractivity contribution < 1.29 is 14.6 Å². The number of hydrogen-bond acceptors (Lipinski definition) is 2. The van der Waals surface area contributed by atoms with Crippen LogP contribution in [0.3, 0.4) is 0 Å². The molecular formula is C20H19O3+. The first-order chi connectivity index (χ1) is 10.9. The molecule has 0 aliphatic heterocycles. The predicted molar refractivity (Wildman–Crippen MR) is 91.5 cm³/mol. The molecule has 1 heterocycles. The van der Waals surface area contributed by atoms with Crippen molar-refractivity contribution in [1.82, 2.24) is 0 Å². The smallest absolute Gasteiger partial charge is 0.361 e. The predicted octanol–water partition coefficient (Wildman–Crippen LogP) is 5.23. The van der Waals surface area contributed by atoms with Gasteiger partial charge in [0.05, 0.1) is 18.6 Å². The molecule has 1 aromatic heterocycles. The maximum Gasteiger partial charge on any atom is 0.361 e. The van der Waals surface area contributed by atoms with Gasteiger partial charge < -0.3 is 10.2 Å². The molecule has 3 nitrogen and oxygen atoms in total. The summed E-state index contributed by atoms with van der Waals surface area (Å²) in [6.07, 6.45) is 0. The van der Waals surface area contributed by atoms with E-state index in [4.69, 9.17) is 4.42 Å². The van der Waals surface area contributed by atoms with Crippen LogP contribution in [-0.2, 0) is 0 Å². The van der Waals surface area contributed by atoms with Crippen molar-refractivity contribution in [3.8, 4) is 33.9 Å². The van der Waals surface area contributed by atoms with Crippen molar-refractivity contribution in [1.29, 1.82) is 0 Å². The van der Waals surface area contributed by atoms with E-state index in [1.54, 1.807) is 24.3 Å². The van der Waals surface area contributed by atoms with E-state index in [0.29, 0.717) is 0 Å². The number of phenols is 2. The number of aromatic hydroxyl groups is 2. The molecule has 116 valence electrons. The molecule has 0 atom stereocenters. The van der Waals surface area contributed by atoms with Crippen LogP contribution >= 0.6 is 0 Å². The minimum atomic E-state index is 0.244. The van der Waals surface area contributed by atoms with Crippen molar-refractivity contribution in [2.24, 2.45) is 0 Å². The summed E-state index contributed by atoms with van der Waals surface area (Å²) in [5.41, 5.74) is 4.99. The SMILES string of the molecule is Cc1cc(-c2ccc(O)cc2C)cc(-c2ccc(O)cc2C)[o+]1. The fourth-order valence-corrected chi connectivity index (χ4v) is 2.82. The third-order valence-corrected chi connectivity index (χ3v) is 3.91. The molecule has 3 heteroatoms. The molecule has 0 saturated carbocycles. The Morgan fingerprint density at radius 1 is 0.696 bits per heavy atom. The van der Waals surface area contributed by atoms with Crippen molar-refractivity contribution in [2.75, 3.05) is 0 Å². The lowest BCUT2D eigenvalue weighted by atomic mass is 9.98. The van der Waals surface area contributed by atoms with E-state index >= 15 is 0 Å². The van der Waals surface area contributed by atoms with E-state index in [1.807, 2.05) is 45.0 Å². The molecule has 0 amide bonds. The zero-order chi connectivity index (χ0) is 16.6. The number of phenolic OH excluding ortho intramolecular Hbond substituents is 2. The molecule has 0 spiro atoms. The van der Waals surface area contributed by atoms with Gasteiger partial charge in [-0.3, -0.25) is 0 Å². The van der Waals surface area contributed by atoms with Crippen molar-refractivity contribution in [3.05, 3.63) is 65.4 Å². The Morgan fingerprint density at radius 3 is 1.83 bits per heavy atom. The average molecular weight is 307 g/mol. The first-order valence-electron chi connectivity index (χ1n) is 7.49. The van der Waals surface area contributed by atoms with E-state index in [-0.39, 0.29) is 11.5 Å². The molecular weight excluding hydrogens is 288 g/mol. The maximum absolute atomic E-state index is 9.59. The highest BCUT2D eigenvalue weighted by Gasteiger charge is 2.19. The average Bonchev–Trinajstić information content (AvgIpc) is 2.46. The second-order valence-corrected chi connectivity index (χ2v) is 5.82. The highest BCUT2D eigenvalue weighted by atomic mass is 16.3. The largest absolute Gasteiger partial charge is 0.508 e. The van der Waals surface area contributed by atoms with Gasteiger partial charge in [-0.1, -0.05) is 6.07 Å². The van der Waals surface area contributed by atoms with Gasteiger partial charge in [-0.15, -0.1) is 0 Å². The number of benzene rings is 2. The standard InChI is InChI=1S/C20H18O3/c1-12-8-16(21)4-6-18(12)15-10-14(3)23-20(11-15)19-7-5-17(22)9-13(19)2/h4-11H,1-3H3,(H-,21,22)/p+1. The summed E-state index contributed by atoms with van der Waals surface area (Å²) in [7, 11) is 0. The van der Waals surface area contributed by atoms with Gasteiger partial charge in [0.15, 0.2) is 0 Å². The molecule has 3 aromatic rings. The third kappa shape index (κ3) is 3.04. The Kier molecular flexibility index (Phi) is 3.78. The fourth-order valence-electron chi connectivity index (χ4n) is 2.82. The molecule has 0 aliphatic carbocycles. The molecule has 0 fully saturated rings. The monoisotopic (exact) mass is 307 g/mol. The lowest BCUT2D eigenvalue weighted by molar-refractivity contribution is 0.474. The molecule has 3 rings (SSSR count). The summed E-state index contributed by atoms with van der Waals surface area (Å²) in [6.45, 7) is 5.83. The summed E-state index contributed by atoms with van der Waals surface area (Å²) < 4.78 is 5.88. The van der Waals surface area contributed by atoms with Crippen LogP contribution in [0.4, 0.5) is 0 Å². The minimum Gasteiger partial charge on any atom is -0.508 e. The lowest BCUT2D eigenvalue weighted by Gasteiger charge is -2.06. The third-order valence-electron chi connectivity index (χ3n) is 3.91. The summed E-state index contributed by atoms with van der Waals surface area (Å²) in [5, 5.41) is 19.2. The molecule has 0 radical (unpaired) electrons. The van der Waals surface area contributed by atoms with Gasteiger partial charge in [0.1, 0.15) is 11.5 Å². The highest BCUT2D eigenvalue weighted by Crippen LogP contribution is 2.33. The Bertz CT molecular complexity index is 812. The van der Waals surface area contributed by atoms with Gasteiger partial charge in [0.25, 0.3) is 0 Å². The van der Waals surface area contributed by atoms with Crippen molar-refractivity contribution >= 4 is 0 Å². The van der Waals surface area contributed by atoms with Crippen molar-refractivity contribution in [3.63, 3.8) is 0 Å². The molecule has 2 aromatic carbocycles. The van der Waals surface area contributed by atoms with Crippen LogP contribution in [-0.4, -0.2) is 10.2 Å². The Labute approximate surface area is 135 Å². The Hall–Kier alpha value is -2.81. The van der Waals surface area contributed by atoms with Crippen LogP contribution < -0.4 is 0 Å². The first kappa shape index (κ1) is 15.1. The second kappa shape index (κ2) is 5.76. The summed E-state index contributed by atoms with van der Waals surface area (Å²) in [5.74, 6) is 2.06. The van der Waals surface area contributed by atoms with Crippen LogP contribution in [0.1, 0.15) is 16.9 Å². The molecule has 2 N–H and O–H groups in total. The molecule has 23 heavy (non-hydrogen) atoms. The van der Waals surface area contributed by atoms with Gasteiger partial charge in [0.2, 0.25) is 0 Å². The zero-order valence-electron chi connectivity index (χ0n) is 13.4. The van der Waals surface area contributed by atoms with Crippen LogP contribution in [0.2, 0.25) is 0 Å². The number of rotatable bonds is 2. The maximum atomic E-state index is 9.59. The zero-order valence-corrected chi connectivity index (χ0v) is 13.4. The fraction of sp³-hybridized carbons (Fsp3) is 0.150. The Balaban J connectivity index is 2.16. The van der Waals surface area contributed by atoms with Gasteiger partial charge in [-0.05, 0) is 60.9 Å². The Morgan fingerprint density at radius 2 is 1.26 bits per heavy atom. The topological polar surface area (TPSA) is 51.8 Å². The first-order valence-corrected chi connectivity index (χ1v) is 7.49. The van der Waals surface area contributed by atoms with Gasteiger partial charge >= 0.3 is 11.5 Å². The molecule has 0 saturated heterocycles. The molecule has 0 unspecified atom stereocenters. The van der Waals surface area contributed by atoms with Gasteiger partial charge in [-0.2, -0.15) is 0 Å². The summed E-state index contributed by atoms with van der Waals surface area (Å²) >= 11 is 0. The van der Waals surface area contributed by atoms with Crippen LogP contribution in [0, 0.1) is 20.8 Å². The van der Waals surface area contributed by atoms with Gasteiger partial charge in [-0.25, -0.2) is 4.42 Å². The van der Waals surface area contributed by atoms with E-state index in [1.165, 1.54) is 0 Å². The van der Waals surface area contributed by atoms with E-state index < -0.39 is 0 Å². The summed E-state index contributed by atoms with van der Waals surface area (Å²) in [6, 6.07) is 14.6. The number of hydrogen-bond donors (Lipinski definition) is 2. The highest BCUT2D eigenvalue weighted by molar-refractivity contribution is 5.73. The number of aryl methyl sites for hydroxylation is 3. The molecule has 0 aliphatic rings. The quantitative estimate of drug-likeness (QED) is 0.637. The van der Waals surface area contributed by atoms with E-state index in [9.17, 15) is 10.2 Å². The second-order valence-electron chi connectivity index (χ2n) is 5.82. The molecule has 0 bridgehead atoms. The van der Waals surface area contributed by atoms with Gasteiger partial charge in [0, 0.05) is 11.6 Å². The lowest BCUT2D eigenvalue weighted by Crippen LogP contribution is -1.89.